The van der Waals surface area contributed by atoms with Gasteiger partial charge in [0.15, 0.2) is 0 Å². The lowest BCUT2D eigenvalue weighted by molar-refractivity contribution is 0.178. The molecule has 1 aromatic carbocycles. The van der Waals surface area contributed by atoms with Crippen LogP contribution in [0.4, 0.5) is 0 Å². The first kappa shape index (κ1) is 13.6. The van der Waals surface area contributed by atoms with Crippen LogP contribution in [0.25, 0.3) is 0 Å². The van der Waals surface area contributed by atoms with Gasteiger partial charge in [-0.25, -0.2) is 0 Å². The van der Waals surface area contributed by atoms with Crippen LogP contribution < -0.4 is 5.73 Å². The molecule has 1 aromatic rings. The van der Waals surface area contributed by atoms with E-state index in [1.807, 2.05) is 0 Å². The van der Waals surface area contributed by atoms with Gasteiger partial charge in [0.25, 0.3) is 0 Å². The number of rotatable bonds is 4. The molecular formula is C16H26N2. The summed E-state index contributed by atoms with van der Waals surface area (Å²) in [5.74, 6) is 0.817. The van der Waals surface area contributed by atoms with Crippen LogP contribution in [0.3, 0.4) is 0 Å². The molecule has 0 aromatic heterocycles. The highest BCUT2D eigenvalue weighted by Gasteiger charge is 2.26. The van der Waals surface area contributed by atoms with E-state index in [4.69, 9.17) is 5.73 Å². The zero-order chi connectivity index (χ0) is 13.3. The quantitative estimate of drug-likeness (QED) is 0.885. The Bertz CT molecular complexity index is 419. The third kappa shape index (κ3) is 3.12. The Balaban J connectivity index is 1.94. The maximum absolute atomic E-state index is 5.84. The van der Waals surface area contributed by atoms with Crippen LogP contribution in [0.15, 0.2) is 12.1 Å². The predicted octanol–water partition coefficient (Wildman–Crippen LogP) is 2.78. The number of hydrogen-bond acceptors (Lipinski definition) is 2. The number of benzene rings is 1. The fourth-order valence-electron chi connectivity index (χ4n) is 2.92. The fourth-order valence-corrected chi connectivity index (χ4v) is 2.92. The molecule has 0 spiro atoms. The zero-order valence-corrected chi connectivity index (χ0v) is 12.2. The van der Waals surface area contributed by atoms with Crippen LogP contribution in [0, 0.1) is 26.7 Å². The van der Waals surface area contributed by atoms with Crippen molar-refractivity contribution in [3.8, 4) is 0 Å². The second-order valence-electron chi connectivity index (χ2n) is 6.16. The van der Waals surface area contributed by atoms with Gasteiger partial charge in [-0.05, 0) is 68.8 Å². The van der Waals surface area contributed by atoms with E-state index in [0.717, 1.165) is 12.5 Å². The van der Waals surface area contributed by atoms with Crippen LogP contribution >= 0.6 is 0 Å². The second-order valence-corrected chi connectivity index (χ2v) is 6.16. The third-order valence-electron chi connectivity index (χ3n) is 4.23. The zero-order valence-electron chi connectivity index (χ0n) is 12.2. The maximum Gasteiger partial charge on any atom is 0.0233 e. The maximum atomic E-state index is 5.84. The summed E-state index contributed by atoms with van der Waals surface area (Å²) in [4.78, 5) is 2.44. The van der Waals surface area contributed by atoms with Gasteiger partial charge in [0.2, 0.25) is 0 Å². The van der Waals surface area contributed by atoms with Gasteiger partial charge in [0, 0.05) is 19.1 Å². The normalized spacial score (nSPS) is 23.2. The summed E-state index contributed by atoms with van der Waals surface area (Å²) in [6.45, 7) is 8.84. The summed E-state index contributed by atoms with van der Waals surface area (Å²) < 4.78 is 0. The van der Waals surface area contributed by atoms with Gasteiger partial charge in [-0.2, -0.15) is 0 Å². The number of aryl methyl sites for hydroxylation is 3. The lowest BCUT2D eigenvalue weighted by Gasteiger charge is -2.35. The molecule has 0 amide bonds. The molecule has 0 unspecified atom stereocenters. The lowest BCUT2D eigenvalue weighted by Crippen LogP contribution is -2.41. The average Bonchev–Trinajstić information content (AvgIpc) is 2.23. The molecule has 2 heteroatoms. The van der Waals surface area contributed by atoms with Crippen molar-refractivity contribution in [2.24, 2.45) is 11.7 Å². The average molecular weight is 246 g/mol. The summed E-state index contributed by atoms with van der Waals surface area (Å²) in [5, 5.41) is 0. The molecule has 2 rings (SSSR count). The molecule has 1 saturated carbocycles. The summed E-state index contributed by atoms with van der Waals surface area (Å²) in [6, 6.07) is 5.11. The molecule has 2 nitrogen and oxygen atoms in total. The summed E-state index contributed by atoms with van der Waals surface area (Å²) in [7, 11) is 2.22. The Morgan fingerprint density at radius 3 is 2.33 bits per heavy atom. The summed E-state index contributed by atoms with van der Waals surface area (Å²) in [5.41, 5.74) is 11.5. The topological polar surface area (TPSA) is 29.3 Å². The van der Waals surface area contributed by atoms with Gasteiger partial charge in [-0.1, -0.05) is 12.1 Å². The first-order valence-corrected chi connectivity index (χ1v) is 6.96. The molecular weight excluding hydrogens is 220 g/mol. The molecule has 0 atom stereocenters. The van der Waals surface area contributed by atoms with Gasteiger partial charge in [-0.15, -0.1) is 0 Å². The monoisotopic (exact) mass is 246 g/mol. The lowest BCUT2D eigenvalue weighted by atomic mass is 9.80. The minimum Gasteiger partial charge on any atom is -0.328 e. The highest BCUT2D eigenvalue weighted by atomic mass is 15.1. The number of hydrogen-bond donors (Lipinski definition) is 1. The van der Waals surface area contributed by atoms with E-state index in [2.05, 4.69) is 44.9 Å². The van der Waals surface area contributed by atoms with Gasteiger partial charge in [-0.3, -0.25) is 0 Å². The van der Waals surface area contributed by atoms with Gasteiger partial charge < -0.3 is 10.6 Å². The van der Waals surface area contributed by atoms with Crippen molar-refractivity contribution < 1.29 is 0 Å². The van der Waals surface area contributed by atoms with Crippen LogP contribution in [0.2, 0.25) is 0 Å². The first-order valence-electron chi connectivity index (χ1n) is 6.96. The standard InChI is InChI=1S/C16H26N2/c1-11-5-13(3)15(6-12(11)2)10-18(4)9-14-7-16(17)8-14/h5-6,14,16H,7-10,17H2,1-4H3. The van der Waals surface area contributed by atoms with E-state index < -0.39 is 0 Å². The van der Waals surface area contributed by atoms with Crippen LogP contribution in [0.5, 0.6) is 0 Å². The van der Waals surface area contributed by atoms with Crippen LogP contribution in [-0.2, 0) is 6.54 Å². The minimum absolute atomic E-state index is 0.465. The van der Waals surface area contributed by atoms with Crippen LogP contribution in [-0.4, -0.2) is 24.5 Å². The molecule has 0 radical (unpaired) electrons. The van der Waals surface area contributed by atoms with E-state index in [9.17, 15) is 0 Å². The molecule has 0 saturated heterocycles. The van der Waals surface area contributed by atoms with Gasteiger partial charge >= 0.3 is 0 Å². The minimum atomic E-state index is 0.465. The Kier molecular flexibility index (Phi) is 4.08. The van der Waals surface area contributed by atoms with Crippen LogP contribution in [0.1, 0.15) is 35.1 Å². The molecule has 100 valence electrons. The smallest absolute Gasteiger partial charge is 0.0233 e. The molecule has 18 heavy (non-hydrogen) atoms. The molecule has 0 bridgehead atoms. The number of nitrogens with two attached hydrogens (primary N) is 1. The molecule has 1 fully saturated rings. The fraction of sp³-hybridized carbons (Fsp3) is 0.625. The molecule has 2 N–H and O–H groups in total. The predicted molar refractivity (Wildman–Crippen MR) is 77.7 cm³/mol. The van der Waals surface area contributed by atoms with Crippen molar-refractivity contribution in [3.63, 3.8) is 0 Å². The molecule has 0 aliphatic heterocycles. The Hall–Kier alpha value is -0.860. The molecule has 0 heterocycles. The first-order chi connectivity index (χ1) is 8.45. The largest absolute Gasteiger partial charge is 0.328 e. The van der Waals surface area contributed by atoms with Gasteiger partial charge in [0.05, 0.1) is 0 Å². The molecule has 1 aliphatic carbocycles. The van der Waals surface area contributed by atoms with E-state index in [-0.39, 0.29) is 0 Å². The van der Waals surface area contributed by atoms with Crippen molar-refractivity contribution >= 4 is 0 Å². The Morgan fingerprint density at radius 2 is 1.72 bits per heavy atom. The van der Waals surface area contributed by atoms with Crippen molar-refractivity contribution in [1.29, 1.82) is 0 Å². The molecule has 1 aliphatic rings. The Labute approximate surface area is 111 Å². The SMILES string of the molecule is Cc1cc(C)c(CN(C)CC2CC(N)C2)cc1C. The summed E-state index contributed by atoms with van der Waals surface area (Å²) >= 11 is 0. The summed E-state index contributed by atoms with van der Waals surface area (Å²) in [6.07, 6.45) is 2.41. The van der Waals surface area contributed by atoms with Crippen molar-refractivity contribution in [2.45, 2.75) is 46.2 Å². The van der Waals surface area contributed by atoms with E-state index in [1.165, 1.54) is 41.6 Å². The van der Waals surface area contributed by atoms with Crippen molar-refractivity contribution in [2.75, 3.05) is 13.6 Å². The van der Waals surface area contributed by atoms with E-state index >= 15 is 0 Å². The third-order valence-corrected chi connectivity index (χ3v) is 4.23. The highest BCUT2D eigenvalue weighted by molar-refractivity contribution is 5.36. The second kappa shape index (κ2) is 5.41. The highest BCUT2D eigenvalue weighted by Crippen LogP contribution is 2.26. The number of nitrogens with zero attached hydrogens (tertiary/aromatic N) is 1. The van der Waals surface area contributed by atoms with E-state index in [0.29, 0.717) is 6.04 Å². The van der Waals surface area contributed by atoms with Crippen molar-refractivity contribution in [1.82, 2.24) is 4.90 Å². The van der Waals surface area contributed by atoms with Gasteiger partial charge in [0.1, 0.15) is 0 Å². The van der Waals surface area contributed by atoms with E-state index in [1.54, 1.807) is 0 Å². The Morgan fingerprint density at radius 1 is 1.11 bits per heavy atom. The van der Waals surface area contributed by atoms with Crippen molar-refractivity contribution in [3.05, 3.63) is 34.4 Å².